The molecule has 0 unspecified atom stereocenters. The van der Waals surface area contributed by atoms with Crippen LogP contribution < -0.4 is 10.1 Å². The Labute approximate surface area is 141 Å². The van der Waals surface area contributed by atoms with Crippen molar-refractivity contribution in [1.82, 2.24) is 5.32 Å². The Kier molecular flexibility index (Phi) is 4.33. The minimum Gasteiger partial charge on any atom is -0.490 e. The maximum atomic E-state index is 12.2. The van der Waals surface area contributed by atoms with Crippen molar-refractivity contribution in [3.05, 3.63) is 34.9 Å². The number of fused-ring (bicyclic) bond motifs is 1. The number of nitriles is 1. The number of amides is 1. The quantitative estimate of drug-likeness (QED) is 0.656. The summed E-state index contributed by atoms with van der Waals surface area (Å²) in [6.07, 6.45) is 2.83. The predicted octanol–water partition coefficient (Wildman–Crippen LogP) is 1.22. The highest BCUT2D eigenvalue weighted by atomic mass is 32.2. The summed E-state index contributed by atoms with van der Waals surface area (Å²) in [7, 11) is -3.08. The molecule has 2 heterocycles. The molecule has 1 amide bonds. The van der Waals surface area contributed by atoms with Gasteiger partial charge in [-0.1, -0.05) is 6.07 Å². The van der Waals surface area contributed by atoms with Gasteiger partial charge in [0.25, 0.3) is 5.91 Å². The smallest absolute Gasteiger partial charge is 0.262 e. The molecule has 1 aromatic rings. The molecule has 1 saturated heterocycles. The maximum absolute atomic E-state index is 12.2. The Bertz CT molecular complexity index is 852. The largest absolute Gasteiger partial charge is 0.490 e. The fraction of sp³-hybridized carbons (Fsp3) is 0.412. The number of ether oxygens (including phenoxy) is 1. The number of hydrogen-bond acceptors (Lipinski definition) is 5. The summed E-state index contributed by atoms with van der Waals surface area (Å²) in [5, 5.41) is 11.9. The standard InChI is InChI=1S/C17H18N2O4S/c1-11-6-13-7-12(2-3-16(13)23-11)8-14(9-18)17(20)19-15-4-5-24(21,22)10-15/h2-3,7-8,11,15H,4-6,10H2,1H3,(H,19,20)/b14-8+/t11-,15-/m0/s1. The molecule has 0 bridgehead atoms. The first kappa shape index (κ1) is 16.5. The third-order valence-corrected chi connectivity index (χ3v) is 5.93. The topological polar surface area (TPSA) is 96.3 Å². The molecule has 1 fully saturated rings. The second-order valence-electron chi connectivity index (χ2n) is 6.24. The van der Waals surface area contributed by atoms with Gasteiger partial charge in [-0.25, -0.2) is 8.42 Å². The highest BCUT2D eigenvalue weighted by Crippen LogP contribution is 2.30. The van der Waals surface area contributed by atoms with E-state index in [0.717, 1.165) is 23.3 Å². The highest BCUT2D eigenvalue weighted by molar-refractivity contribution is 7.91. The number of benzene rings is 1. The first-order chi connectivity index (χ1) is 11.4. The number of rotatable bonds is 3. The lowest BCUT2D eigenvalue weighted by atomic mass is 10.0. The Morgan fingerprint density at radius 1 is 1.46 bits per heavy atom. The summed E-state index contributed by atoms with van der Waals surface area (Å²) in [6.45, 7) is 1.99. The van der Waals surface area contributed by atoms with E-state index in [9.17, 15) is 18.5 Å². The number of nitrogens with zero attached hydrogens (tertiary/aromatic N) is 1. The third kappa shape index (κ3) is 3.60. The van der Waals surface area contributed by atoms with Gasteiger partial charge in [0.05, 0.1) is 11.5 Å². The summed E-state index contributed by atoms with van der Waals surface area (Å²) in [6, 6.07) is 7.00. The first-order valence-electron chi connectivity index (χ1n) is 7.79. The van der Waals surface area contributed by atoms with Gasteiger partial charge in [-0.05, 0) is 42.7 Å². The van der Waals surface area contributed by atoms with E-state index in [1.54, 1.807) is 6.07 Å². The minimum atomic E-state index is -3.08. The molecule has 0 saturated carbocycles. The average molecular weight is 346 g/mol. The normalized spacial score (nSPS) is 24.8. The molecular weight excluding hydrogens is 328 g/mol. The van der Waals surface area contributed by atoms with Crippen molar-refractivity contribution in [2.45, 2.75) is 31.9 Å². The lowest BCUT2D eigenvalue weighted by Gasteiger charge is -2.10. The molecule has 7 heteroatoms. The van der Waals surface area contributed by atoms with Gasteiger partial charge in [-0.15, -0.1) is 0 Å². The average Bonchev–Trinajstić information content (AvgIpc) is 3.05. The van der Waals surface area contributed by atoms with Crippen LogP contribution in [0.15, 0.2) is 23.8 Å². The molecule has 24 heavy (non-hydrogen) atoms. The molecular formula is C17H18N2O4S. The van der Waals surface area contributed by atoms with Gasteiger partial charge in [-0.2, -0.15) is 5.26 Å². The molecule has 6 nitrogen and oxygen atoms in total. The van der Waals surface area contributed by atoms with Gasteiger partial charge in [0, 0.05) is 12.5 Å². The van der Waals surface area contributed by atoms with Gasteiger partial charge >= 0.3 is 0 Å². The monoisotopic (exact) mass is 346 g/mol. The Balaban J connectivity index is 1.74. The molecule has 1 N–H and O–H groups in total. The zero-order chi connectivity index (χ0) is 17.3. The zero-order valence-electron chi connectivity index (χ0n) is 13.3. The fourth-order valence-corrected chi connectivity index (χ4v) is 4.69. The lowest BCUT2D eigenvalue weighted by Crippen LogP contribution is -2.36. The van der Waals surface area contributed by atoms with E-state index in [1.807, 2.05) is 25.1 Å². The van der Waals surface area contributed by atoms with Crippen LogP contribution in [0.1, 0.15) is 24.5 Å². The van der Waals surface area contributed by atoms with Crippen molar-refractivity contribution < 1.29 is 17.9 Å². The van der Waals surface area contributed by atoms with Gasteiger partial charge < -0.3 is 10.1 Å². The van der Waals surface area contributed by atoms with E-state index in [4.69, 9.17) is 4.74 Å². The zero-order valence-corrected chi connectivity index (χ0v) is 14.1. The van der Waals surface area contributed by atoms with Crippen LogP contribution in [-0.4, -0.2) is 38.0 Å². The molecule has 2 aliphatic heterocycles. The highest BCUT2D eigenvalue weighted by Gasteiger charge is 2.29. The molecule has 0 spiro atoms. The van der Waals surface area contributed by atoms with E-state index in [0.29, 0.717) is 6.42 Å². The van der Waals surface area contributed by atoms with Crippen LogP contribution in [0.5, 0.6) is 5.75 Å². The van der Waals surface area contributed by atoms with Crippen LogP contribution in [0.4, 0.5) is 0 Å². The second-order valence-corrected chi connectivity index (χ2v) is 8.47. The van der Waals surface area contributed by atoms with E-state index >= 15 is 0 Å². The molecule has 0 aromatic heterocycles. The van der Waals surface area contributed by atoms with Crippen LogP contribution in [0, 0.1) is 11.3 Å². The van der Waals surface area contributed by atoms with Crippen LogP contribution in [0.3, 0.4) is 0 Å². The molecule has 3 rings (SSSR count). The fourth-order valence-electron chi connectivity index (χ4n) is 3.02. The van der Waals surface area contributed by atoms with E-state index < -0.39 is 21.8 Å². The summed E-state index contributed by atoms with van der Waals surface area (Å²) in [5.41, 5.74) is 1.76. The van der Waals surface area contributed by atoms with E-state index in [2.05, 4.69) is 5.32 Å². The van der Waals surface area contributed by atoms with Crippen LogP contribution in [0.2, 0.25) is 0 Å². The molecule has 126 valence electrons. The second kappa shape index (κ2) is 6.29. The van der Waals surface area contributed by atoms with Gasteiger partial charge in [0.15, 0.2) is 9.84 Å². The number of nitrogens with one attached hydrogen (secondary N) is 1. The van der Waals surface area contributed by atoms with Crippen molar-refractivity contribution in [3.8, 4) is 11.8 Å². The number of carbonyl (C=O) groups is 1. The van der Waals surface area contributed by atoms with Crippen molar-refractivity contribution in [3.63, 3.8) is 0 Å². The van der Waals surface area contributed by atoms with Crippen molar-refractivity contribution in [2.24, 2.45) is 0 Å². The van der Waals surface area contributed by atoms with Crippen LogP contribution in [0.25, 0.3) is 6.08 Å². The molecule has 1 aromatic carbocycles. The van der Waals surface area contributed by atoms with Gasteiger partial charge in [0.1, 0.15) is 23.5 Å². The predicted molar refractivity (Wildman–Crippen MR) is 89.0 cm³/mol. The van der Waals surface area contributed by atoms with Gasteiger partial charge in [0.2, 0.25) is 0 Å². The Morgan fingerprint density at radius 2 is 2.25 bits per heavy atom. The van der Waals surface area contributed by atoms with E-state index in [1.165, 1.54) is 6.08 Å². The SMILES string of the molecule is C[C@H]1Cc2cc(/C=C(\C#N)C(=O)N[C@H]3CCS(=O)(=O)C3)ccc2O1. The van der Waals surface area contributed by atoms with Crippen molar-refractivity contribution in [2.75, 3.05) is 11.5 Å². The Hall–Kier alpha value is -2.33. The lowest BCUT2D eigenvalue weighted by molar-refractivity contribution is -0.117. The molecule has 2 atom stereocenters. The summed E-state index contributed by atoms with van der Waals surface area (Å²) < 4.78 is 28.5. The Morgan fingerprint density at radius 3 is 2.92 bits per heavy atom. The number of carbonyl (C=O) groups excluding carboxylic acids is 1. The van der Waals surface area contributed by atoms with Crippen LogP contribution in [-0.2, 0) is 21.1 Å². The maximum Gasteiger partial charge on any atom is 0.262 e. The third-order valence-electron chi connectivity index (χ3n) is 4.16. The van der Waals surface area contributed by atoms with E-state index in [-0.39, 0.29) is 23.2 Å². The first-order valence-corrected chi connectivity index (χ1v) is 9.61. The summed E-state index contributed by atoms with van der Waals surface area (Å²) in [5.74, 6) is 0.307. The minimum absolute atomic E-state index is 0.0359. The molecule has 0 radical (unpaired) electrons. The molecule has 0 aliphatic carbocycles. The summed E-state index contributed by atoms with van der Waals surface area (Å²) in [4.78, 5) is 12.2. The van der Waals surface area contributed by atoms with Crippen molar-refractivity contribution in [1.29, 1.82) is 5.26 Å². The van der Waals surface area contributed by atoms with Crippen molar-refractivity contribution >= 4 is 21.8 Å². The van der Waals surface area contributed by atoms with Crippen LogP contribution >= 0.6 is 0 Å². The molecule has 2 aliphatic rings. The summed E-state index contributed by atoms with van der Waals surface area (Å²) >= 11 is 0. The number of hydrogen-bond donors (Lipinski definition) is 1. The number of sulfone groups is 1. The van der Waals surface area contributed by atoms with Gasteiger partial charge in [-0.3, -0.25) is 4.79 Å².